The van der Waals surface area contributed by atoms with Crippen molar-refractivity contribution < 1.29 is 18.1 Å². The maximum Gasteiger partial charge on any atom is 0.335 e. The lowest BCUT2D eigenvalue weighted by atomic mass is 10.2. The van der Waals surface area contributed by atoms with Crippen molar-refractivity contribution in [2.24, 2.45) is 0 Å². The van der Waals surface area contributed by atoms with Gasteiger partial charge in [-0.25, -0.2) is 0 Å². The third kappa shape index (κ3) is 7.73. The summed E-state index contributed by atoms with van der Waals surface area (Å²) in [6.07, 6.45) is 0.717. The third-order valence-electron chi connectivity index (χ3n) is 1.12. The minimum atomic E-state index is -4.25. The summed E-state index contributed by atoms with van der Waals surface area (Å²) in [5.41, 5.74) is 0. The van der Waals surface area contributed by atoms with Gasteiger partial charge in [-0.15, -0.1) is 0 Å². The van der Waals surface area contributed by atoms with Crippen LogP contribution in [0.3, 0.4) is 0 Å². The van der Waals surface area contributed by atoms with Crippen molar-refractivity contribution in [3.05, 3.63) is 0 Å². The largest absolute Gasteiger partial charge is 0.378 e. The minimum Gasteiger partial charge on any atom is -0.378 e. The van der Waals surface area contributed by atoms with Gasteiger partial charge in [-0.1, -0.05) is 13.3 Å². The fraction of sp³-hybridized carbons (Fsp3) is 1.00. The Morgan fingerprint density at radius 3 is 2.45 bits per heavy atom. The normalized spacial score (nSPS) is 14.8. The lowest BCUT2D eigenvalue weighted by molar-refractivity contribution is 0.147. The fourth-order valence-electron chi connectivity index (χ4n) is 0.628. The molecule has 0 radical (unpaired) electrons. The molecule has 1 atom stereocenters. The Labute approximate surface area is 66.3 Å². The molecule has 0 saturated heterocycles. The van der Waals surface area contributed by atoms with Crippen LogP contribution in [-0.2, 0) is 10.3 Å². The van der Waals surface area contributed by atoms with Gasteiger partial charge < -0.3 is 5.11 Å². The topological polar surface area (TPSA) is 86.6 Å². The predicted octanol–water partition coefficient (Wildman–Crippen LogP) is -0.113. The first-order valence-electron chi connectivity index (χ1n) is 3.38. The summed E-state index contributed by atoms with van der Waals surface area (Å²) in [6.45, 7) is 1.92. The summed E-state index contributed by atoms with van der Waals surface area (Å²) in [7, 11) is -4.25. The molecule has 1 unspecified atom stereocenters. The van der Waals surface area contributed by atoms with Crippen LogP contribution >= 0.6 is 0 Å². The SMILES string of the molecule is CCCCC(O)NS(=O)(=O)O. The summed E-state index contributed by atoms with van der Waals surface area (Å²) in [6, 6.07) is 0. The number of unbranched alkanes of at least 4 members (excludes halogenated alkanes) is 1. The van der Waals surface area contributed by atoms with Gasteiger partial charge in [-0.2, -0.15) is 13.1 Å². The van der Waals surface area contributed by atoms with Crippen LogP contribution in [0.2, 0.25) is 0 Å². The predicted molar refractivity (Wildman–Crippen MR) is 40.2 cm³/mol. The number of rotatable bonds is 5. The van der Waals surface area contributed by atoms with E-state index in [9.17, 15) is 8.42 Å². The van der Waals surface area contributed by atoms with Crippen LogP contribution in [0.5, 0.6) is 0 Å². The van der Waals surface area contributed by atoms with E-state index in [4.69, 9.17) is 9.66 Å². The third-order valence-corrected chi connectivity index (χ3v) is 1.69. The summed E-state index contributed by atoms with van der Waals surface area (Å²) in [5.74, 6) is 0. The monoisotopic (exact) mass is 183 g/mol. The molecule has 0 aliphatic rings. The van der Waals surface area contributed by atoms with Crippen molar-refractivity contribution in [1.29, 1.82) is 0 Å². The Kier molecular flexibility index (Phi) is 4.58. The average Bonchev–Trinajstić information content (AvgIpc) is 1.79. The highest BCUT2D eigenvalue weighted by Gasteiger charge is 2.10. The van der Waals surface area contributed by atoms with Crippen LogP contribution < -0.4 is 4.72 Å². The molecule has 0 aliphatic carbocycles. The molecule has 0 saturated carbocycles. The molecule has 5 nitrogen and oxygen atoms in total. The smallest absolute Gasteiger partial charge is 0.335 e. The lowest BCUT2D eigenvalue weighted by Crippen LogP contribution is -2.33. The van der Waals surface area contributed by atoms with Crippen LogP contribution in [0.15, 0.2) is 0 Å². The van der Waals surface area contributed by atoms with Crippen molar-refractivity contribution in [2.45, 2.75) is 32.4 Å². The van der Waals surface area contributed by atoms with Crippen LogP contribution in [-0.4, -0.2) is 24.3 Å². The van der Waals surface area contributed by atoms with E-state index in [2.05, 4.69) is 0 Å². The van der Waals surface area contributed by atoms with Crippen molar-refractivity contribution in [3.8, 4) is 0 Å². The standard InChI is InChI=1S/C5H13NO4S/c1-2-3-4-5(7)6-11(8,9)10/h5-7H,2-4H2,1H3,(H,8,9,10). The highest BCUT2D eigenvalue weighted by molar-refractivity contribution is 7.83. The van der Waals surface area contributed by atoms with Crippen LogP contribution in [0.1, 0.15) is 26.2 Å². The first-order valence-corrected chi connectivity index (χ1v) is 4.82. The maximum absolute atomic E-state index is 10.1. The second kappa shape index (κ2) is 4.66. The van der Waals surface area contributed by atoms with Crippen molar-refractivity contribution >= 4 is 10.3 Å². The van der Waals surface area contributed by atoms with E-state index in [1.54, 1.807) is 4.72 Å². The average molecular weight is 183 g/mol. The fourth-order valence-corrected chi connectivity index (χ4v) is 1.09. The molecule has 0 rings (SSSR count). The first-order chi connectivity index (χ1) is 4.95. The van der Waals surface area contributed by atoms with Crippen LogP contribution in [0.4, 0.5) is 0 Å². The molecule has 0 amide bonds. The molecule has 0 heterocycles. The summed E-state index contributed by atoms with van der Waals surface area (Å²) >= 11 is 0. The van der Waals surface area contributed by atoms with E-state index < -0.39 is 16.5 Å². The van der Waals surface area contributed by atoms with Gasteiger partial charge in [0.2, 0.25) is 0 Å². The molecule has 0 aromatic rings. The van der Waals surface area contributed by atoms with Crippen LogP contribution in [0, 0.1) is 0 Å². The molecule has 0 aliphatic heterocycles. The van der Waals surface area contributed by atoms with E-state index in [0.29, 0.717) is 12.8 Å². The number of nitrogens with one attached hydrogen (secondary N) is 1. The van der Waals surface area contributed by atoms with E-state index in [1.165, 1.54) is 0 Å². The molecule has 0 spiro atoms. The van der Waals surface area contributed by atoms with E-state index in [-0.39, 0.29) is 0 Å². The summed E-state index contributed by atoms with van der Waals surface area (Å²) < 4.78 is 30.0. The lowest BCUT2D eigenvalue weighted by Gasteiger charge is -2.08. The van der Waals surface area contributed by atoms with Crippen molar-refractivity contribution in [3.63, 3.8) is 0 Å². The molecule has 68 valence electrons. The number of hydrogen-bond acceptors (Lipinski definition) is 3. The van der Waals surface area contributed by atoms with Gasteiger partial charge in [0, 0.05) is 0 Å². The first kappa shape index (κ1) is 10.8. The van der Waals surface area contributed by atoms with Gasteiger partial charge >= 0.3 is 10.3 Å². The highest BCUT2D eigenvalue weighted by Crippen LogP contribution is 1.97. The zero-order valence-electron chi connectivity index (χ0n) is 6.32. The van der Waals surface area contributed by atoms with Gasteiger partial charge in [0.15, 0.2) is 0 Å². The zero-order valence-corrected chi connectivity index (χ0v) is 7.13. The van der Waals surface area contributed by atoms with Crippen molar-refractivity contribution in [2.75, 3.05) is 0 Å². The van der Waals surface area contributed by atoms with E-state index in [1.807, 2.05) is 6.92 Å². The quantitative estimate of drug-likeness (QED) is 0.410. The Morgan fingerprint density at radius 1 is 1.55 bits per heavy atom. The molecule has 6 heteroatoms. The van der Waals surface area contributed by atoms with Crippen molar-refractivity contribution in [1.82, 2.24) is 4.72 Å². The maximum atomic E-state index is 10.1. The number of aliphatic hydroxyl groups is 1. The van der Waals surface area contributed by atoms with Crippen LogP contribution in [0.25, 0.3) is 0 Å². The molecule has 0 fully saturated rings. The Morgan fingerprint density at radius 2 is 2.09 bits per heavy atom. The molecular formula is C5H13NO4S. The molecule has 0 aromatic carbocycles. The Balaban J connectivity index is 3.61. The summed E-state index contributed by atoms with van der Waals surface area (Å²) in [4.78, 5) is 0. The Hall–Kier alpha value is -0.170. The van der Waals surface area contributed by atoms with Gasteiger partial charge in [-0.05, 0) is 12.8 Å². The van der Waals surface area contributed by atoms with E-state index in [0.717, 1.165) is 6.42 Å². The molecule has 0 bridgehead atoms. The number of aliphatic hydroxyl groups excluding tert-OH is 1. The second-order valence-electron chi connectivity index (χ2n) is 2.25. The number of hydrogen-bond donors (Lipinski definition) is 3. The van der Waals surface area contributed by atoms with Gasteiger partial charge in [0.05, 0.1) is 0 Å². The molecule has 0 aromatic heterocycles. The minimum absolute atomic E-state index is 0.316. The zero-order chi connectivity index (χ0) is 8.91. The second-order valence-corrected chi connectivity index (χ2v) is 3.44. The highest BCUT2D eigenvalue weighted by atomic mass is 32.2. The molecule has 11 heavy (non-hydrogen) atoms. The molecular weight excluding hydrogens is 170 g/mol. The van der Waals surface area contributed by atoms with Gasteiger partial charge in [0.1, 0.15) is 6.23 Å². The Bertz CT molecular complexity index is 189. The summed E-state index contributed by atoms with van der Waals surface area (Å²) in [5, 5.41) is 8.87. The van der Waals surface area contributed by atoms with Gasteiger partial charge in [0.25, 0.3) is 0 Å². The molecule has 3 N–H and O–H groups in total. The van der Waals surface area contributed by atoms with Gasteiger partial charge in [-0.3, -0.25) is 4.55 Å². The van der Waals surface area contributed by atoms with E-state index >= 15 is 0 Å².